The molecule has 0 fully saturated rings. The minimum atomic E-state index is -0.294. The fraction of sp³-hybridized carbons (Fsp3) is 0.0400. The van der Waals surface area contributed by atoms with Gasteiger partial charge in [-0.2, -0.15) is 0 Å². The Hall–Kier alpha value is -4.12. The van der Waals surface area contributed by atoms with Gasteiger partial charge in [-0.05, 0) is 41.8 Å². The van der Waals surface area contributed by atoms with E-state index in [1.165, 1.54) is 4.90 Å². The van der Waals surface area contributed by atoms with Crippen LogP contribution in [0, 0.1) is 0 Å². The quantitative estimate of drug-likeness (QED) is 0.504. The monoisotopic (exact) mass is 394 g/mol. The molecule has 0 radical (unpaired) electrons. The van der Waals surface area contributed by atoms with Crippen LogP contribution in [0.5, 0.6) is 11.5 Å². The van der Waals surface area contributed by atoms with Crippen LogP contribution in [0.25, 0.3) is 10.8 Å². The summed E-state index contributed by atoms with van der Waals surface area (Å²) in [6, 6.07) is 28.0. The number of nitrogens with zero attached hydrogens (tertiary/aromatic N) is 1. The Kier molecular flexibility index (Phi) is 4.41. The Morgan fingerprint density at radius 1 is 0.833 bits per heavy atom. The molecule has 146 valence electrons. The van der Waals surface area contributed by atoms with Crippen LogP contribution in [0.4, 0.5) is 11.4 Å². The first-order valence-electron chi connectivity index (χ1n) is 9.66. The molecule has 5 heteroatoms. The van der Waals surface area contributed by atoms with Crippen LogP contribution in [0.1, 0.15) is 10.4 Å². The van der Waals surface area contributed by atoms with Crippen molar-refractivity contribution in [2.75, 3.05) is 16.8 Å². The summed E-state index contributed by atoms with van der Waals surface area (Å²) < 4.78 is 5.90. The topological polar surface area (TPSA) is 58.6 Å². The third kappa shape index (κ3) is 3.16. The lowest BCUT2D eigenvalue weighted by Crippen LogP contribution is -2.35. The van der Waals surface area contributed by atoms with Gasteiger partial charge in [-0.3, -0.25) is 14.5 Å². The summed E-state index contributed by atoms with van der Waals surface area (Å²) in [5.74, 6) is 0.759. The van der Waals surface area contributed by atoms with Crippen LogP contribution in [0.2, 0.25) is 0 Å². The van der Waals surface area contributed by atoms with E-state index in [4.69, 9.17) is 4.74 Å². The maximum atomic E-state index is 12.9. The second-order valence-corrected chi connectivity index (χ2v) is 7.03. The number of rotatable bonds is 5. The Morgan fingerprint density at radius 2 is 1.57 bits per heavy atom. The first-order valence-corrected chi connectivity index (χ1v) is 9.66. The van der Waals surface area contributed by atoms with Crippen molar-refractivity contribution >= 4 is 34.0 Å². The van der Waals surface area contributed by atoms with Gasteiger partial charge in [-0.15, -0.1) is 0 Å². The summed E-state index contributed by atoms with van der Waals surface area (Å²) in [6.07, 6.45) is 0. The minimum absolute atomic E-state index is 0.0771. The van der Waals surface area contributed by atoms with Crippen molar-refractivity contribution in [3.63, 3.8) is 0 Å². The van der Waals surface area contributed by atoms with E-state index in [2.05, 4.69) is 5.32 Å². The number of benzene rings is 4. The Bertz CT molecular complexity index is 1260. The highest BCUT2D eigenvalue weighted by atomic mass is 16.5. The molecule has 0 aliphatic carbocycles. The van der Waals surface area contributed by atoms with Gasteiger partial charge >= 0.3 is 0 Å². The van der Waals surface area contributed by atoms with Crippen molar-refractivity contribution in [3.8, 4) is 11.5 Å². The van der Waals surface area contributed by atoms with Crippen LogP contribution >= 0.6 is 0 Å². The fourth-order valence-electron chi connectivity index (χ4n) is 3.74. The zero-order chi connectivity index (χ0) is 20.5. The molecule has 4 aromatic carbocycles. The molecule has 0 atom stereocenters. The highest BCUT2D eigenvalue weighted by Crippen LogP contribution is 2.37. The lowest BCUT2D eigenvalue weighted by atomic mass is 10.1. The molecule has 1 aliphatic rings. The predicted octanol–water partition coefficient (Wildman–Crippen LogP) is 5.23. The van der Waals surface area contributed by atoms with Gasteiger partial charge in [-0.25, -0.2) is 0 Å². The van der Waals surface area contributed by atoms with E-state index < -0.39 is 0 Å². The van der Waals surface area contributed by atoms with Gasteiger partial charge in [0.1, 0.15) is 12.3 Å². The summed E-state index contributed by atoms with van der Waals surface area (Å²) in [5, 5.41) is 4.76. The molecule has 1 heterocycles. The number of para-hydroxylation sites is 3. The van der Waals surface area contributed by atoms with Gasteiger partial charge in [0.25, 0.3) is 5.91 Å². The fourth-order valence-corrected chi connectivity index (χ4v) is 3.74. The average Bonchev–Trinajstić information content (AvgIpc) is 3.04. The molecule has 0 bridgehead atoms. The number of hydrogen-bond acceptors (Lipinski definition) is 3. The summed E-state index contributed by atoms with van der Waals surface area (Å²) >= 11 is 0. The molecule has 4 aromatic rings. The molecule has 2 amide bonds. The number of hydrogen-bond donors (Lipinski definition) is 1. The van der Waals surface area contributed by atoms with Gasteiger partial charge < -0.3 is 10.1 Å². The first-order chi connectivity index (χ1) is 14.7. The lowest BCUT2D eigenvalue weighted by Gasteiger charge is -2.18. The first kappa shape index (κ1) is 17.9. The Labute approximate surface area is 173 Å². The number of carbonyl (C=O) groups is 2. The van der Waals surface area contributed by atoms with Gasteiger partial charge in [0.2, 0.25) is 5.91 Å². The number of anilines is 2. The van der Waals surface area contributed by atoms with E-state index >= 15 is 0 Å². The summed E-state index contributed by atoms with van der Waals surface area (Å²) in [7, 11) is 0. The molecule has 0 saturated heterocycles. The Balaban J connectivity index is 1.37. The van der Waals surface area contributed by atoms with Crippen molar-refractivity contribution in [2.24, 2.45) is 0 Å². The molecule has 0 spiro atoms. The van der Waals surface area contributed by atoms with Crippen LogP contribution in [-0.2, 0) is 4.79 Å². The smallest absolute Gasteiger partial charge is 0.259 e. The van der Waals surface area contributed by atoms with Crippen LogP contribution in [0.3, 0.4) is 0 Å². The normalized spacial score (nSPS) is 12.3. The molecule has 5 rings (SSSR count). The maximum Gasteiger partial charge on any atom is 0.259 e. The molecule has 30 heavy (non-hydrogen) atoms. The molecule has 1 N–H and O–H groups in total. The van der Waals surface area contributed by atoms with Gasteiger partial charge in [0.05, 0.1) is 11.4 Å². The number of ether oxygens (including phenoxy) is 1. The summed E-state index contributed by atoms with van der Waals surface area (Å²) in [4.78, 5) is 27.2. The lowest BCUT2D eigenvalue weighted by molar-refractivity contribution is -0.114. The van der Waals surface area contributed by atoms with Crippen LogP contribution in [0.15, 0.2) is 91.0 Å². The molecule has 0 aromatic heterocycles. The maximum absolute atomic E-state index is 12.9. The Morgan fingerprint density at radius 3 is 2.40 bits per heavy atom. The van der Waals surface area contributed by atoms with E-state index in [9.17, 15) is 9.59 Å². The largest absolute Gasteiger partial charge is 0.455 e. The zero-order valence-electron chi connectivity index (χ0n) is 16.0. The van der Waals surface area contributed by atoms with Crippen molar-refractivity contribution in [3.05, 3.63) is 96.6 Å². The van der Waals surface area contributed by atoms with Gasteiger partial charge in [0.15, 0.2) is 5.75 Å². The number of amides is 2. The molecule has 5 nitrogen and oxygen atoms in total. The van der Waals surface area contributed by atoms with Gasteiger partial charge in [0, 0.05) is 10.9 Å². The number of carbonyl (C=O) groups excluding carboxylic acids is 2. The van der Waals surface area contributed by atoms with Crippen molar-refractivity contribution in [1.82, 2.24) is 0 Å². The SMILES string of the molecule is O=C(CN1C(=O)c2cccc3cccc1c23)Nc1ccccc1Oc1ccccc1. The van der Waals surface area contributed by atoms with Gasteiger partial charge in [-0.1, -0.05) is 54.6 Å². The average molecular weight is 394 g/mol. The van der Waals surface area contributed by atoms with Crippen molar-refractivity contribution < 1.29 is 14.3 Å². The summed E-state index contributed by atoms with van der Waals surface area (Å²) in [6.45, 7) is -0.0771. The number of nitrogens with one attached hydrogen (secondary N) is 1. The highest BCUT2D eigenvalue weighted by molar-refractivity contribution is 6.26. The van der Waals surface area contributed by atoms with Crippen LogP contribution < -0.4 is 15.0 Å². The van der Waals surface area contributed by atoms with Crippen LogP contribution in [-0.4, -0.2) is 18.4 Å². The third-order valence-electron chi connectivity index (χ3n) is 5.08. The van der Waals surface area contributed by atoms with E-state index in [-0.39, 0.29) is 18.4 Å². The highest BCUT2D eigenvalue weighted by Gasteiger charge is 2.30. The van der Waals surface area contributed by atoms with Crippen molar-refractivity contribution in [2.45, 2.75) is 0 Å². The summed E-state index contributed by atoms with van der Waals surface area (Å²) in [5.41, 5.74) is 1.94. The molecular weight excluding hydrogens is 376 g/mol. The van der Waals surface area contributed by atoms with E-state index in [0.29, 0.717) is 22.7 Å². The second kappa shape index (κ2) is 7.37. The third-order valence-corrected chi connectivity index (χ3v) is 5.08. The molecule has 0 saturated carbocycles. The zero-order valence-corrected chi connectivity index (χ0v) is 16.0. The molecular formula is C25H18N2O3. The van der Waals surface area contributed by atoms with Crippen molar-refractivity contribution in [1.29, 1.82) is 0 Å². The molecule has 0 unspecified atom stereocenters. The van der Waals surface area contributed by atoms with E-state index in [0.717, 1.165) is 16.5 Å². The predicted molar refractivity (Wildman–Crippen MR) is 117 cm³/mol. The van der Waals surface area contributed by atoms with E-state index in [1.54, 1.807) is 18.2 Å². The standard InChI is InChI=1S/C25H18N2O3/c28-23(26-20-13-4-5-15-22(20)30-18-10-2-1-3-11-18)16-27-21-14-7-9-17-8-6-12-19(24(17)21)25(27)29/h1-15H,16H2,(H,26,28). The minimum Gasteiger partial charge on any atom is -0.455 e. The molecule has 1 aliphatic heterocycles. The second-order valence-electron chi connectivity index (χ2n) is 7.03. The van der Waals surface area contributed by atoms with E-state index in [1.807, 2.05) is 72.8 Å².